The average molecular weight is 413 g/mol. The van der Waals surface area contributed by atoms with Crippen LogP contribution in [-0.4, -0.2) is 32.2 Å². The van der Waals surface area contributed by atoms with E-state index in [1.807, 2.05) is 17.7 Å². The maximum absolute atomic E-state index is 13.3. The van der Waals surface area contributed by atoms with Gasteiger partial charge in [-0.05, 0) is 50.2 Å². The molecule has 0 aliphatic carbocycles. The van der Waals surface area contributed by atoms with Crippen molar-refractivity contribution in [2.75, 3.05) is 5.73 Å². The van der Waals surface area contributed by atoms with Crippen LogP contribution in [0.5, 0.6) is 0 Å². The molecule has 0 amide bonds. The van der Waals surface area contributed by atoms with Crippen LogP contribution < -0.4 is 5.73 Å². The number of nitrogens with two attached hydrogens (primary N) is 1. The highest BCUT2D eigenvalue weighted by molar-refractivity contribution is 7.90. The Morgan fingerprint density at radius 1 is 1.07 bits per heavy atom. The standard InChI is InChI=1S/C20H20FN5O2S/c1-12(2)29(27,28)26-17-10-14(6-9-16(17)24-20(26)22)19-18(23-11-25(19)3)13-4-7-15(21)8-5-13/h4-12H,1-3H3,(H2,22,24). The molecule has 0 radical (unpaired) electrons. The molecule has 7 nitrogen and oxygen atoms in total. The summed E-state index contributed by atoms with van der Waals surface area (Å²) in [6, 6.07) is 11.4. The second kappa shape index (κ2) is 6.70. The molecule has 0 unspecified atom stereocenters. The maximum atomic E-state index is 13.3. The summed E-state index contributed by atoms with van der Waals surface area (Å²) in [5, 5.41) is -0.655. The predicted molar refractivity (Wildman–Crippen MR) is 111 cm³/mol. The Hall–Kier alpha value is -3.20. The highest BCUT2D eigenvalue weighted by Crippen LogP contribution is 2.33. The summed E-state index contributed by atoms with van der Waals surface area (Å²) >= 11 is 0. The molecule has 2 aromatic carbocycles. The van der Waals surface area contributed by atoms with Gasteiger partial charge < -0.3 is 10.3 Å². The molecule has 9 heteroatoms. The van der Waals surface area contributed by atoms with E-state index in [1.165, 1.54) is 12.1 Å². The molecule has 0 saturated carbocycles. The molecular formula is C20H20FN5O2S. The molecule has 0 aliphatic rings. The van der Waals surface area contributed by atoms with Gasteiger partial charge in [-0.25, -0.2) is 26.7 Å². The molecular weight excluding hydrogens is 393 g/mol. The third-order valence-corrected chi connectivity index (χ3v) is 6.90. The Morgan fingerprint density at radius 3 is 2.38 bits per heavy atom. The molecule has 4 aromatic rings. The first-order chi connectivity index (χ1) is 13.7. The molecule has 4 rings (SSSR count). The molecule has 0 bridgehead atoms. The van der Waals surface area contributed by atoms with Crippen molar-refractivity contribution in [2.24, 2.45) is 7.05 Å². The number of imidazole rings is 2. The van der Waals surface area contributed by atoms with Gasteiger partial charge in [-0.3, -0.25) is 0 Å². The van der Waals surface area contributed by atoms with Gasteiger partial charge >= 0.3 is 0 Å². The van der Waals surface area contributed by atoms with Gasteiger partial charge in [0.15, 0.2) is 0 Å². The topological polar surface area (TPSA) is 95.8 Å². The number of fused-ring (bicyclic) bond motifs is 1. The number of aromatic nitrogens is 4. The number of nitrogen functional groups attached to an aromatic ring is 1. The van der Waals surface area contributed by atoms with Crippen LogP contribution in [0, 0.1) is 5.82 Å². The van der Waals surface area contributed by atoms with Crippen molar-refractivity contribution in [1.82, 2.24) is 18.5 Å². The Kier molecular flexibility index (Phi) is 4.42. The Labute approximate surface area is 167 Å². The zero-order chi connectivity index (χ0) is 20.9. The van der Waals surface area contributed by atoms with Gasteiger partial charge in [0.25, 0.3) is 0 Å². The second-order valence-electron chi connectivity index (χ2n) is 7.09. The lowest BCUT2D eigenvalue weighted by Crippen LogP contribution is -2.23. The Balaban J connectivity index is 1.95. The smallest absolute Gasteiger partial charge is 0.244 e. The SMILES string of the molecule is CC(C)S(=O)(=O)n1c(N)nc2ccc(-c3c(-c4ccc(F)cc4)ncn3C)cc21. The van der Waals surface area contributed by atoms with Crippen molar-refractivity contribution in [3.63, 3.8) is 0 Å². The minimum atomic E-state index is -3.69. The molecule has 2 aromatic heterocycles. The third kappa shape index (κ3) is 3.07. The fourth-order valence-corrected chi connectivity index (χ4v) is 4.43. The molecule has 2 heterocycles. The van der Waals surface area contributed by atoms with Crippen molar-refractivity contribution in [3.8, 4) is 22.5 Å². The number of aryl methyl sites for hydroxylation is 1. The molecule has 29 heavy (non-hydrogen) atoms. The minimum absolute atomic E-state index is 0.0744. The van der Waals surface area contributed by atoms with E-state index >= 15 is 0 Å². The molecule has 0 atom stereocenters. The van der Waals surface area contributed by atoms with Gasteiger partial charge in [0.2, 0.25) is 16.0 Å². The third-order valence-electron chi connectivity index (χ3n) is 4.82. The highest BCUT2D eigenvalue weighted by atomic mass is 32.2. The first-order valence-electron chi connectivity index (χ1n) is 9.00. The lowest BCUT2D eigenvalue weighted by Gasteiger charge is -2.12. The van der Waals surface area contributed by atoms with Crippen molar-refractivity contribution in [3.05, 3.63) is 54.6 Å². The number of hydrogen-bond donors (Lipinski definition) is 1. The lowest BCUT2D eigenvalue weighted by atomic mass is 10.0. The fourth-order valence-electron chi connectivity index (χ4n) is 3.29. The van der Waals surface area contributed by atoms with Crippen LogP contribution in [0.2, 0.25) is 0 Å². The van der Waals surface area contributed by atoms with Crippen molar-refractivity contribution in [2.45, 2.75) is 19.1 Å². The summed E-state index contributed by atoms with van der Waals surface area (Å²) in [6.45, 7) is 3.19. The summed E-state index contributed by atoms with van der Waals surface area (Å²) in [4.78, 5) is 8.65. The normalized spacial score (nSPS) is 12.2. The molecule has 0 saturated heterocycles. The van der Waals surface area contributed by atoms with E-state index in [0.29, 0.717) is 16.7 Å². The maximum Gasteiger partial charge on any atom is 0.244 e. The molecule has 2 N–H and O–H groups in total. The average Bonchev–Trinajstić information content (AvgIpc) is 3.21. The van der Waals surface area contributed by atoms with Gasteiger partial charge in [0.05, 0.1) is 34.0 Å². The van der Waals surface area contributed by atoms with Gasteiger partial charge in [0, 0.05) is 18.2 Å². The number of nitrogens with zero attached hydrogens (tertiary/aromatic N) is 4. The molecule has 0 aliphatic heterocycles. The van der Waals surface area contributed by atoms with Gasteiger partial charge in [0.1, 0.15) is 5.82 Å². The van der Waals surface area contributed by atoms with E-state index in [0.717, 1.165) is 20.8 Å². The largest absolute Gasteiger partial charge is 0.368 e. The summed E-state index contributed by atoms with van der Waals surface area (Å²) in [5.41, 5.74) is 9.76. The van der Waals surface area contributed by atoms with Gasteiger partial charge in [-0.2, -0.15) is 0 Å². The van der Waals surface area contributed by atoms with Gasteiger partial charge in [-0.1, -0.05) is 6.07 Å². The van der Waals surface area contributed by atoms with E-state index in [-0.39, 0.29) is 11.8 Å². The van der Waals surface area contributed by atoms with E-state index in [1.54, 1.807) is 44.4 Å². The predicted octanol–water partition coefficient (Wildman–Crippen LogP) is 3.41. The number of anilines is 1. The van der Waals surface area contributed by atoms with Crippen molar-refractivity contribution >= 4 is 27.0 Å². The first kappa shape index (κ1) is 19.1. The minimum Gasteiger partial charge on any atom is -0.368 e. The molecule has 0 spiro atoms. The number of halogens is 1. The summed E-state index contributed by atoms with van der Waals surface area (Å²) in [5.74, 6) is -0.402. The number of benzene rings is 2. The number of hydrogen-bond acceptors (Lipinski definition) is 5. The van der Waals surface area contributed by atoms with Crippen LogP contribution in [-0.2, 0) is 17.1 Å². The van der Waals surface area contributed by atoms with Gasteiger partial charge in [-0.15, -0.1) is 0 Å². The Morgan fingerprint density at radius 2 is 1.72 bits per heavy atom. The van der Waals surface area contributed by atoms with Crippen LogP contribution in [0.4, 0.5) is 10.3 Å². The van der Waals surface area contributed by atoms with Crippen LogP contribution in [0.1, 0.15) is 13.8 Å². The summed E-state index contributed by atoms with van der Waals surface area (Å²) in [6.07, 6.45) is 1.66. The molecule has 0 fully saturated rings. The number of rotatable bonds is 4. The summed E-state index contributed by atoms with van der Waals surface area (Å²) in [7, 11) is -1.85. The van der Waals surface area contributed by atoms with Crippen LogP contribution in [0.15, 0.2) is 48.8 Å². The first-order valence-corrected chi connectivity index (χ1v) is 10.5. The van der Waals surface area contributed by atoms with Crippen LogP contribution in [0.3, 0.4) is 0 Å². The highest BCUT2D eigenvalue weighted by Gasteiger charge is 2.25. The lowest BCUT2D eigenvalue weighted by molar-refractivity contribution is 0.580. The van der Waals surface area contributed by atoms with Crippen LogP contribution >= 0.6 is 0 Å². The monoisotopic (exact) mass is 413 g/mol. The summed E-state index contributed by atoms with van der Waals surface area (Å²) < 4.78 is 41.9. The zero-order valence-corrected chi connectivity index (χ0v) is 17.0. The Bertz CT molecular complexity index is 1320. The zero-order valence-electron chi connectivity index (χ0n) is 16.2. The van der Waals surface area contributed by atoms with E-state index < -0.39 is 15.3 Å². The van der Waals surface area contributed by atoms with Crippen molar-refractivity contribution < 1.29 is 12.8 Å². The van der Waals surface area contributed by atoms with E-state index in [9.17, 15) is 12.8 Å². The van der Waals surface area contributed by atoms with Crippen molar-refractivity contribution in [1.29, 1.82) is 0 Å². The molecule has 150 valence electrons. The fraction of sp³-hybridized carbons (Fsp3) is 0.200. The van der Waals surface area contributed by atoms with E-state index in [4.69, 9.17) is 5.73 Å². The van der Waals surface area contributed by atoms with Crippen LogP contribution in [0.25, 0.3) is 33.5 Å². The second-order valence-corrected chi connectivity index (χ2v) is 9.43. The van der Waals surface area contributed by atoms with E-state index in [2.05, 4.69) is 9.97 Å². The quantitative estimate of drug-likeness (QED) is 0.553.